The molecule has 23 heavy (non-hydrogen) atoms. The maximum absolute atomic E-state index is 13.1. The second-order valence-electron chi connectivity index (χ2n) is 4.37. The number of rotatable bonds is 2. The lowest BCUT2D eigenvalue weighted by Crippen LogP contribution is -2.20. The Morgan fingerprint density at radius 3 is 2.52 bits per heavy atom. The average Bonchev–Trinajstić information content (AvgIpc) is 2.96. The molecule has 0 spiro atoms. The molecule has 118 valence electrons. The molecule has 2 heterocycles. The van der Waals surface area contributed by atoms with Gasteiger partial charge in [0.1, 0.15) is 5.69 Å². The number of halogens is 4. The number of hydrogen-bond acceptors (Lipinski definition) is 5. The van der Waals surface area contributed by atoms with Crippen molar-refractivity contribution in [2.75, 3.05) is 0 Å². The van der Waals surface area contributed by atoms with Gasteiger partial charge in [0.25, 0.3) is 0 Å². The normalized spacial score (nSPS) is 11.7. The lowest BCUT2D eigenvalue weighted by atomic mass is 10.2. The van der Waals surface area contributed by atoms with Crippen LogP contribution in [0.15, 0.2) is 35.3 Å². The van der Waals surface area contributed by atoms with Gasteiger partial charge in [0, 0.05) is 11.2 Å². The molecule has 0 aliphatic carbocycles. The maximum Gasteiger partial charge on any atom is 0.432 e. The quantitative estimate of drug-likeness (QED) is 0.770. The van der Waals surface area contributed by atoms with Gasteiger partial charge in [-0.3, -0.25) is 0 Å². The van der Waals surface area contributed by atoms with Crippen molar-refractivity contribution < 1.29 is 13.2 Å². The summed E-state index contributed by atoms with van der Waals surface area (Å²) in [7, 11) is 0. The largest absolute Gasteiger partial charge is 0.432 e. The van der Waals surface area contributed by atoms with Crippen LogP contribution in [0.4, 0.5) is 13.2 Å². The van der Waals surface area contributed by atoms with E-state index in [4.69, 9.17) is 11.6 Å². The number of aromatic nitrogens is 6. The van der Waals surface area contributed by atoms with Crippen LogP contribution < -0.4 is 5.69 Å². The fourth-order valence-electron chi connectivity index (χ4n) is 1.90. The molecule has 2 aromatic heterocycles. The minimum atomic E-state index is -4.80. The van der Waals surface area contributed by atoms with Crippen LogP contribution in [0.5, 0.6) is 0 Å². The van der Waals surface area contributed by atoms with Crippen LogP contribution in [0.1, 0.15) is 5.69 Å². The Morgan fingerprint density at radius 1 is 1.17 bits per heavy atom. The molecule has 1 N–H and O–H groups in total. The van der Waals surface area contributed by atoms with Crippen molar-refractivity contribution in [1.29, 1.82) is 0 Å². The zero-order valence-corrected chi connectivity index (χ0v) is 11.8. The summed E-state index contributed by atoms with van der Waals surface area (Å²) in [6.07, 6.45) is -4.02. The number of benzene rings is 1. The first kappa shape index (κ1) is 15.2. The van der Waals surface area contributed by atoms with Gasteiger partial charge in [-0.05, 0) is 34.7 Å². The molecule has 0 unspecified atom stereocenters. The average molecular weight is 343 g/mol. The summed E-state index contributed by atoms with van der Waals surface area (Å²) < 4.78 is 40.4. The smallest absolute Gasteiger partial charge is 0.301 e. The Morgan fingerprint density at radius 2 is 1.87 bits per heavy atom. The van der Waals surface area contributed by atoms with E-state index in [-0.39, 0.29) is 5.82 Å². The molecule has 0 saturated carbocycles. The third-order valence-corrected chi connectivity index (χ3v) is 3.13. The molecule has 0 saturated heterocycles. The van der Waals surface area contributed by atoms with Crippen molar-refractivity contribution in [2.45, 2.75) is 6.18 Å². The number of tetrazole rings is 1. The Hall–Kier alpha value is -2.75. The van der Waals surface area contributed by atoms with Gasteiger partial charge in [-0.15, -0.1) is 5.10 Å². The van der Waals surface area contributed by atoms with Crippen molar-refractivity contribution in [2.24, 2.45) is 0 Å². The zero-order chi connectivity index (χ0) is 16.6. The molecule has 0 aliphatic rings. The monoisotopic (exact) mass is 342 g/mol. The fourth-order valence-corrected chi connectivity index (χ4v) is 2.02. The Kier molecular flexibility index (Phi) is 3.60. The van der Waals surface area contributed by atoms with Gasteiger partial charge in [0.05, 0.1) is 11.3 Å². The van der Waals surface area contributed by atoms with Crippen LogP contribution in [0.3, 0.4) is 0 Å². The lowest BCUT2D eigenvalue weighted by Gasteiger charge is -2.11. The zero-order valence-electron chi connectivity index (χ0n) is 11.0. The van der Waals surface area contributed by atoms with Crippen molar-refractivity contribution in [3.63, 3.8) is 0 Å². The number of nitrogens with zero attached hydrogens (tertiary/aromatic N) is 5. The van der Waals surface area contributed by atoms with Crippen LogP contribution >= 0.6 is 11.6 Å². The molecule has 3 rings (SSSR count). The first-order valence-electron chi connectivity index (χ1n) is 6.07. The minimum absolute atomic E-state index is 0.219. The number of alkyl halides is 3. The summed E-state index contributed by atoms with van der Waals surface area (Å²) in [5.74, 6) is -0.219. The van der Waals surface area contributed by atoms with E-state index in [1.165, 1.54) is 24.3 Å². The van der Waals surface area contributed by atoms with Crippen LogP contribution in [-0.4, -0.2) is 30.2 Å². The first-order valence-corrected chi connectivity index (χ1v) is 6.45. The van der Waals surface area contributed by atoms with E-state index in [1.807, 2.05) is 0 Å². The van der Waals surface area contributed by atoms with Gasteiger partial charge >= 0.3 is 11.9 Å². The van der Waals surface area contributed by atoms with Crippen LogP contribution in [0, 0.1) is 0 Å². The van der Waals surface area contributed by atoms with Crippen LogP contribution in [0.25, 0.3) is 17.1 Å². The predicted octanol–water partition coefficient (Wildman–Crippen LogP) is 2.08. The van der Waals surface area contributed by atoms with Gasteiger partial charge < -0.3 is 4.98 Å². The van der Waals surface area contributed by atoms with Crippen LogP contribution in [0.2, 0.25) is 5.02 Å². The number of H-pyrrole nitrogens is 1. The van der Waals surface area contributed by atoms with E-state index in [0.29, 0.717) is 10.7 Å². The third-order valence-electron chi connectivity index (χ3n) is 2.88. The van der Waals surface area contributed by atoms with Gasteiger partial charge in [0.2, 0.25) is 0 Å². The molecule has 0 bridgehead atoms. The molecule has 0 atom stereocenters. The molecule has 0 radical (unpaired) electrons. The molecule has 3 aromatic rings. The van der Waals surface area contributed by atoms with Gasteiger partial charge in [-0.25, -0.2) is 9.78 Å². The Balaban J connectivity index is 2.20. The second kappa shape index (κ2) is 5.47. The summed E-state index contributed by atoms with van der Waals surface area (Å²) in [6, 6.07) is 6.15. The SMILES string of the molecule is O=c1ncc(-c2nnnn2-c2ccc(Cl)cc2)c(C(F)(F)F)[nH]1. The Labute approximate surface area is 130 Å². The Bertz CT molecular complexity index is 902. The molecule has 0 fully saturated rings. The lowest BCUT2D eigenvalue weighted by molar-refractivity contribution is -0.140. The van der Waals surface area contributed by atoms with Crippen molar-refractivity contribution in [3.8, 4) is 17.1 Å². The summed E-state index contributed by atoms with van der Waals surface area (Å²) in [5.41, 5.74) is -2.44. The summed E-state index contributed by atoms with van der Waals surface area (Å²) in [6.45, 7) is 0. The molecule has 1 aromatic carbocycles. The van der Waals surface area contributed by atoms with E-state index < -0.39 is 23.1 Å². The van der Waals surface area contributed by atoms with Gasteiger partial charge in [-0.2, -0.15) is 17.9 Å². The minimum Gasteiger partial charge on any atom is -0.301 e. The molecule has 11 heteroatoms. The fraction of sp³-hybridized carbons (Fsp3) is 0.0833. The first-order chi connectivity index (χ1) is 10.9. The highest BCUT2D eigenvalue weighted by atomic mass is 35.5. The van der Waals surface area contributed by atoms with E-state index >= 15 is 0 Å². The van der Waals surface area contributed by atoms with Gasteiger partial charge in [0.15, 0.2) is 5.82 Å². The molecule has 7 nitrogen and oxygen atoms in total. The highest BCUT2D eigenvalue weighted by Crippen LogP contribution is 2.34. The van der Waals surface area contributed by atoms with E-state index in [1.54, 1.807) is 4.98 Å². The second-order valence-corrected chi connectivity index (χ2v) is 4.80. The van der Waals surface area contributed by atoms with Crippen molar-refractivity contribution in [3.05, 3.63) is 51.7 Å². The summed E-state index contributed by atoms with van der Waals surface area (Å²) >= 11 is 5.77. The highest BCUT2D eigenvalue weighted by Gasteiger charge is 2.37. The maximum atomic E-state index is 13.1. The topological polar surface area (TPSA) is 89.3 Å². The standard InChI is InChI=1S/C12H6ClF3N6O/c13-6-1-3-7(4-2-6)22-10(19-20-21-22)8-5-17-11(23)18-9(8)12(14,15)16/h1-5H,(H,17,18,23). The third kappa shape index (κ3) is 2.93. The highest BCUT2D eigenvalue weighted by molar-refractivity contribution is 6.30. The van der Waals surface area contributed by atoms with Crippen molar-refractivity contribution >= 4 is 11.6 Å². The van der Waals surface area contributed by atoms with E-state index in [0.717, 1.165) is 10.9 Å². The number of aromatic amines is 1. The van der Waals surface area contributed by atoms with E-state index in [2.05, 4.69) is 20.5 Å². The van der Waals surface area contributed by atoms with Crippen LogP contribution in [-0.2, 0) is 6.18 Å². The summed E-state index contributed by atoms with van der Waals surface area (Å²) in [5, 5.41) is 11.1. The van der Waals surface area contributed by atoms with E-state index in [9.17, 15) is 18.0 Å². The number of hydrogen-bond donors (Lipinski definition) is 1. The van der Waals surface area contributed by atoms with Crippen molar-refractivity contribution in [1.82, 2.24) is 30.2 Å². The number of nitrogens with one attached hydrogen (secondary N) is 1. The predicted molar refractivity (Wildman–Crippen MR) is 73.0 cm³/mol. The molecular formula is C12H6ClF3N6O. The molecule has 0 aliphatic heterocycles. The summed E-state index contributed by atoms with van der Waals surface area (Å²) in [4.78, 5) is 16.1. The van der Waals surface area contributed by atoms with Gasteiger partial charge in [-0.1, -0.05) is 11.6 Å². The molecular weight excluding hydrogens is 337 g/mol. The molecule has 0 amide bonds.